The van der Waals surface area contributed by atoms with Crippen LogP contribution in [-0.4, -0.2) is 60.6 Å². The first kappa shape index (κ1) is 17.4. The minimum Gasteiger partial charge on any atom is -0.390 e. The molecule has 1 fully saturated rings. The first-order valence-corrected chi connectivity index (χ1v) is 8.85. The molecule has 1 aliphatic heterocycles. The second kappa shape index (κ2) is 7.76. The lowest BCUT2D eigenvalue weighted by Gasteiger charge is -2.17. The van der Waals surface area contributed by atoms with Crippen LogP contribution in [0, 0.1) is 0 Å². The molecule has 148 valence electrons. The van der Waals surface area contributed by atoms with Crippen LogP contribution in [0.1, 0.15) is 18.3 Å². The summed E-state index contributed by atoms with van der Waals surface area (Å²) in [6.45, 7) is 0.0882. The van der Waals surface area contributed by atoms with Crippen LogP contribution in [0.5, 0.6) is 0 Å². The Morgan fingerprint density at radius 1 is 1.61 bits per heavy atom. The van der Waals surface area contributed by atoms with E-state index in [0.29, 0.717) is 16.9 Å². The molecule has 12 nitrogen and oxygen atoms in total. The zero-order chi connectivity index (χ0) is 20.4. The van der Waals surface area contributed by atoms with Gasteiger partial charge in [0.1, 0.15) is 18.7 Å². The highest BCUT2D eigenvalue weighted by Crippen LogP contribution is 2.35. The number of aliphatic hydroxyl groups is 1. The van der Waals surface area contributed by atoms with Gasteiger partial charge in [0.2, 0.25) is 11.9 Å². The molecule has 4 heterocycles. The molecule has 0 aliphatic carbocycles. The minimum absolute atomic E-state index is 0.0689. The molecule has 3 aromatic heterocycles. The summed E-state index contributed by atoms with van der Waals surface area (Å²) in [5, 5.41) is 13.0. The molecule has 1 saturated heterocycles. The topological polar surface area (TPSA) is 166 Å². The normalized spacial score (nSPS) is 22.9. The second-order valence-electron chi connectivity index (χ2n) is 6.28. The van der Waals surface area contributed by atoms with Gasteiger partial charge in [0.05, 0.1) is 26.7 Å². The molecule has 0 spiro atoms. The van der Waals surface area contributed by atoms with E-state index in [2.05, 4.69) is 30.2 Å². The average molecular weight is 408 g/mol. The summed E-state index contributed by atoms with van der Waals surface area (Å²) in [6.07, 6.45) is 2.56. The van der Waals surface area contributed by atoms with Crippen LogP contribution < -0.4 is 11.1 Å². The molecule has 4 unspecified atom stereocenters. The number of hydrogen-bond donors (Lipinski definition) is 4. The number of anilines is 2. The summed E-state index contributed by atoms with van der Waals surface area (Å²) in [6, 6.07) is 0. The Bertz CT molecular complexity index is 1000. The van der Waals surface area contributed by atoms with Crippen molar-refractivity contribution in [1.29, 1.82) is 1.28 Å². The third kappa shape index (κ3) is 3.54. The molecule has 1 amide bonds. The molecular formula is C15H19N8O4P. The number of H-pyrrole nitrogens is 1. The van der Waals surface area contributed by atoms with Crippen molar-refractivity contribution in [3.05, 3.63) is 24.5 Å². The standard InChI is InChI=1S/C15H19N8O4P/c16-13-12-14(20-6-19-13)23(11-2-8(24)9(27-11)4-26-28)15(22-12)21-10(25)1-7-3-17-5-18-7/h3,5-6,8-9,11,24H,1-2,4,28H2,(H,17,18)(H2,16,19,20)(H,21,22,25)/i28T. The van der Waals surface area contributed by atoms with Gasteiger partial charge in [-0.1, -0.05) is 0 Å². The van der Waals surface area contributed by atoms with Crippen LogP contribution in [-0.2, 0) is 20.5 Å². The van der Waals surface area contributed by atoms with Crippen LogP contribution in [0.4, 0.5) is 11.8 Å². The predicted molar refractivity (Wildman–Crippen MR) is 101 cm³/mol. The molecule has 0 bridgehead atoms. The molecule has 4 rings (SSSR count). The molecular weight excluding hydrogens is 387 g/mol. The van der Waals surface area contributed by atoms with E-state index in [4.69, 9.17) is 16.3 Å². The van der Waals surface area contributed by atoms with Crippen molar-refractivity contribution >= 4 is 38.2 Å². The third-order valence-electron chi connectivity index (χ3n) is 4.40. The molecule has 3 aromatic rings. The molecule has 13 heteroatoms. The highest BCUT2D eigenvalue weighted by molar-refractivity contribution is 7.09. The Kier molecular flexibility index (Phi) is 4.83. The Hall–Kier alpha value is -2.66. The first-order valence-electron chi connectivity index (χ1n) is 8.94. The number of carbonyl (C=O) groups excluding carboxylic acids is 1. The van der Waals surface area contributed by atoms with E-state index in [0.717, 1.165) is 0 Å². The molecule has 4 atom stereocenters. The fourth-order valence-electron chi connectivity index (χ4n) is 3.12. The van der Waals surface area contributed by atoms with Crippen molar-refractivity contribution in [2.75, 3.05) is 17.7 Å². The molecule has 5 N–H and O–H groups in total. The van der Waals surface area contributed by atoms with E-state index in [9.17, 15) is 9.90 Å². The number of rotatable bonds is 7. The number of ether oxygens (including phenoxy) is 1. The van der Waals surface area contributed by atoms with Crippen molar-refractivity contribution in [1.82, 2.24) is 29.5 Å². The molecule has 0 saturated carbocycles. The first-order chi connectivity index (χ1) is 14.1. The smallest absolute Gasteiger partial charge is 0.232 e. The number of nitrogens with one attached hydrogen (secondary N) is 2. The van der Waals surface area contributed by atoms with E-state index in [-0.39, 0.29) is 37.1 Å². The third-order valence-corrected chi connectivity index (χ3v) is 4.57. The van der Waals surface area contributed by atoms with E-state index in [1.54, 1.807) is 10.8 Å². The average Bonchev–Trinajstić information content (AvgIpc) is 3.40. The minimum atomic E-state index is -0.804. The number of nitrogens with two attached hydrogens (primary N) is 1. The van der Waals surface area contributed by atoms with Gasteiger partial charge in [-0.05, 0) is 0 Å². The Balaban J connectivity index is 1.64. The molecule has 0 aromatic carbocycles. The van der Waals surface area contributed by atoms with Gasteiger partial charge < -0.3 is 25.1 Å². The molecule has 28 heavy (non-hydrogen) atoms. The highest BCUT2D eigenvalue weighted by Gasteiger charge is 2.37. The zero-order valence-electron chi connectivity index (χ0n) is 15.6. The van der Waals surface area contributed by atoms with Gasteiger partial charge in [0, 0.05) is 27.7 Å². The monoisotopic (exact) mass is 408 g/mol. The molecule has 0 radical (unpaired) electrons. The number of nitrogen functional groups attached to an aromatic ring is 1. The van der Waals surface area contributed by atoms with Gasteiger partial charge in [-0.2, -0.15) is 0 Å². The fourth-order valence-corrected chi connectivity index (χ4v) is 3.28. The SMILES string of the molecule is [3H]POCC1OC(n2c(NC(=O)Cc3cnc[nH]3)nc3c(N)ncnc32)CC1O. The quantitative estimate of drug-likeness (QED) is 0.386. The number of amides is 1. The lowest BCUT2D eigenvalue weighted by molar-refractivity contribution is -0.115. The van der Waals surface area contributed by atoms with Crippen molar-refractivity contribution in [2.45, 2.75) is 31.3 Å². The lowest BCUT2D eigenvalue weighted by Crippen LogP contribution is -2.25. The van der Waals surface area contributed by atoms with Crippen molar-refractivity contribution in [2.24, 2.45) is 0 Å². The number of fused-ring (bicyclic) bond motifs is 1. The van der Waals surface area contributed by atoms with Crippen molar-refractivity contribution in [3.8, 4) is 0 Å². The van der Waals surface area contributed by atoms with E-state index >= 15 is 0 Å². The number of aromatic amines is 1. The Morgan fingerprint density at radius 2 is 2.50 bits per heavy atom. The number of aromatic nitrogens is 6. The van der Waals surface area contributed by atoms with Gasteiger partial charge in [-0.25, -0.2) is 19.9 Å². The number of aliphatic hydroxyl groups excluding tert-OH is 1. The summed E-state index contributed by atoms with van der Waals surface area (Å²) >= 11 is 0. The van der Waals surface area contributed by atoms with E-state index in [1.807, 2.05) is 0 Å². The van der Waals surface area contributed by atoms with Crippen molar-refractivity contribution < 1.29 is 19.2 Å². The van der Waals surface area contributed by atoms with E-state index < -0.39 is 27.8 Å². The van der Waals surface area contributed by atoms with Crippen LogP contribution >= 0.6 is 9.41 Å². The summed E-state index contributed by atoms with van der Waals surface area (Å²) in [4.78, 5) is 31.7. The molecule has 1 aliphatic rings. The van der Waals surface area contributed by atoms with Gasteiger partial charge in [0.15, 0.2) is 17.0 Å². The van der Waals surface area contributed by atoms with Gasteiger partial charge in [-0.3, -0.25) is 14.7 Å². The van der Waals surface area contributed by atoms with Crippen molar-refractivity contribution in [3.63, 3.8) is 0 Å². The summed E-state index contributed by atoms with van der Waals surface area (Å²) in [7, 11) is -0.458. The van der Waals surface area contributed by atoms with Crippen LogP contribution in [0.2, 0.25) is 0 Å². The maximum atomic E-state index is 12.5. The summed E-state index contributed by atoms with van der Waals surface area (Å²) in [5.41, 5.74) is 7.24. The number of nitrogens with zero attached hydrogens (tertiary/aromatic N) is 5. The number of carbonyl (C=O) groups is 1. The van der Waals surface area contributed by atoms with Gasteiger partial charge >= 0.3 is 0 Å². The maximum absolute atomic E-state index is 12.5. The highest BCUT2D eigenvalue weighted by atomic mass is 31.0. The van der Waals surface area contributed by atoms with Crippen LogP contribution in [0.25, 0.3) is 11.2 Å². The summed E-state index contributed by atoms with van der Waals surface area (Å²) < 4.78 is 19.7. The number of hydrogen-bond acceptors (Lipinski definition) is 9. The maximum Gasteiger partial charge on any atom is 0.232 e. The zero-order valence-corrected chi connectivity index (χ0v) is 15.6. The fraction of sp³-hybridized carbons (Fsp3) is 0.400. The van der Waals surface area contributed by atoms with Crippen LogP contribution in [0.3, 0.4) is 0 Å². The largest absolute Gasteiger partial charge is 0.390 e. The number of imidazole rings is 2. The van der Waals surface area contributed by atoms with E-state index in [1.165, 1.54) is 12.7 Å². The van der Waals surface area contributed by atoms with Gasteiger partial charge in [0.25, 0.3) is 0 Å². The second-order valence-corrected chi connectivity index (χ2v) is 6.57. The Labute approximate surface area is 162 Å². The lowest BCUT2D eigenvalue weighted by atomic mass is 10.2. The Morgan fingerprint density at radius 3 is 3.29 bits per heavy atom. The van der Waals surface area contributed by atoms with Crippen LogP contribution in [0.15, 0.2) is 18.9 Å². The summed E-state index contributed by atoms with van der Waals surface area (Å²) in [5.74, 6) is 0.00988. The predicted octanol–water partition coefficient (Wildman–Crippen LogP) is -0.232. The van der Waals surface area contributed by atoms with Gasteiger partial charge in [-0.15, -0.1) is 0 Å².